The molecule has 2 saturated heterocycles. The van der Waals surface area contributed by atoms with Crippen molar-refractivity contribution in [2.45, 2.75) is 59.2 Å². The Hall–Kier alpha value is -1.85. The molecule has 5 nitrogen and oxygen atoms in total. The maximum absolute atomic E-state index is 12.9. The lowest BCUT2D eigenvalue weighted by atomic mass is 9.55. The van der Waals surface area contributed by atoms with Crippen LogP contribution >= 0.6 is 0 Å². The van der Waals surface area contributed by atoms with Crippen LogP contribution in [0.25, 0.3) is 0 Å². The number of anilines is 1. The van der Waals surface area contributed by atoms with Gasteiger partial charge in [-0.2, -0.15) is 0 Å². The van der Waals surface area contributed by atoms with Gasteiger partial charge in [0, 0.05) is 56.2 Å². The summed E-state index contributed by atoms with van der Waals surface area (Å²) in [6, 6.07) is 6.64. The van der Waals surface area contributed by atoms with Crippen LogP contribution in [0.2, 0.25) is 0 Å². The van der Waals surface area contributed by atoms with E-state index in [4.69, 9.17) is 4.74 Å². The first kappa shape index (κ1) is 22.0. The van der Waals surface area contributed by atoms with Crippen molar-refractivity contribution in [2.75, 3.05) is 37.6 Å². The number of aliphatic hydroxyl groups is 1. The van der Waals surface area contributed by atoms with Crippen molar-refractivity contribution < 1.29 is 14.6 Å². The van der Waals surface area contributed by atoms with Crippen LogP contribution in [0, 0.1) is 37.0 Å². The first-order chi connectivity index (χ1) is 15.3. The summed E-state index contributed by atoms with van der Waals surface area (Å²) in [6.07, 6.45) is 4.59. The summed E-state index contributed by atoms with van der Waals surface area (Å²) < 4.78 is 5.86. The van der Waals surface area contributed by atoms with Crippen LogP contribution in [0.4, 0.5) is 5.69 Å². The molecule has 1 aromatic rings. The molecule has 6 atom stereocenters. The second-order valence-electron chi connectivity index (χ2n) is 10.9. The average Bonchev–Trinajstić information content (AvgIpc) is 3.08. The second-order valence-corrected chi connectivity index (χ2v) is 10.9. The number of aryl methyl sites for hydroxylation is 2. The third-order valence-electron chi connectivity index (χ3n) is 9.10. The molecule has 1 saturated carbocycles. The van der Waals surface area contributed by atoms with Gasteiger partial charge in [-0.1, -0.05) is 37.6 Å². The number of hydrogen-bond donors (Lipinski definition) is 1. The molecule has 0 amide bonds. The zero-order valence-electron chi connectivity index (χ0n) is 20.0. The highest BCUT2D eigenvalue weighted by Gasteiger charge is 2.59. The number of rotatable bonds is 3. The lowest BCUT2D eigenvalue weighted by Crippen LogP contribution is -2.55. The largest absolute Gasteiger partial charge is 0.461 e. The Morgan fingerprint density at radius 1 is 1.19 bits per heavy atom. The molecule has 0 bridgehead atoms. The van der Waals surface area contributed by atoms with E-state index in [0.717, 1.165) is 45.4 Å². The normalized spacial score (nSPS) is 37.5. The minimum absolute atomic E-state index is 0.0951. The molecule has 4 aliphatic rings. The Morgan fingerprint density at radius 2 is 1.94 bits per heavy atom. The third-order valence-corrected chi connectivity index (χ3v) is 9.10. The SMILES string of the molecule is Cc1ccc(C)c(N2CCN(C[C@H]3C(=O)O[C@@H]4CC5=CCC[C@@H](C)[C@@]5(C)[C@H](O)[C@H]43)CC2)c1. The van der Waals surface area contributed by atoms with E-state index in [0.29, 0.717) is 12.5 Å². The van der Waals surface area contributed by atoms with Crippen molar-refractivity contribution in [3.63, 3.8) is 0 Å². The fourth-order valence-corrected chi connectivity index (χ4v) is 6.78. The van der Waals surface area contributed by atoms with Crippen molar-refractivity contribution in [1.82, 2.24) is 4.90 Å². The molecule has 0 unspecified atom stereocenters. The summed E-state index contributed by atoms with van der Waals surface area (Å²) in [5, 5.41) is 11.6. The van der Waals surface area contributed by atoms with Gasteiger partial charge in [0.2, 0.25) is 0 Å². The summed E-state index contributed by atoms with van der Waals surface area (Å²) >= 11 is 0. The van der Waals surface area contributed by atoms with Gasteiger partial charge in [0.05, 0.1) is 12.0 Å². The Balaban J connectivity index is 1.28. The first-order valence-electron chi connectivity index (χ1n) is 12.4. The predicted octanol–water partition coefficient (Wildman–Crippen LogP) is 3.71. The fourth-order valence-electron chi connectivity index (χ4n) is 6.78. The van der Waals surface area contributed by atoms with Gasteiger partial charge in [-0.05, 0) is 49.8 Å². The maximum Gasteiger partial charge on any atom is 0.311 e. The van der Waals surface area contributed by atoms with Crippen molar-refractivity contribution in [3.05, 3.63) is 41.0 Å². The molecule has 2 aliphatic carbocycles. The molecule has 2 heterocycles. The Morgan fingerprint density at radius 3 is 2.69 bits per heavy atom. The van der Waals surface area contributed by atoms with Gasteiger partial charge in [0.15, 0.2) is 0 Å². The number of nitrogens with zero attached hydrogens (tertiary/aromatic N) is 2. The summed E-state index contributed by atoms with van der Waals surface area (Å²) in [6.45, 7) is 13.3. The van der Waals surface area contributed by atoms with Crippen LogP contribution in [0.1, 0.15) is 44.2 Å². The fraction of sp³-hybridized carbons (Fsp3) is 0.667. The summed E-state index contributed by atoms with van der Waals surface area (Å²) in [5.41, 5.74) is 5.01. The zero-order chi connectivity index (χ0) is 22.6. The van der Waals surface area contributed by atoms with Crippen LogP contribution in [-0.4, -0.2) is 60.9 Å². The van der Waals surface area contributed by atoms with E-state index < -0.39 is 6.10 Å². The van der Waals surface area contributed by atoms with Gasteiger partial charge in [0.25, 0.3) is 0 Å². The predicted molar refractivity (Wildman–Crippen MR) is 127 cm³/mol. The molecule has 32 heavy (non-hydrogen) atoms. The number of aliphatic hydroxyl groups excluding tert-OH is 1. The zero-order valence-corrected chi connectivity index (χ0v) is 20.0. The maximum atomic E-state index is 12.9. The third kappa shape index (κ3) is 3.49. The lowest BCUT2D eigenvalue weighted by Gasteiger charge is -2.52. The lowest BCUT2D eigenvalue weighted by molar-refractivity contribution is -0.145. The van der Waals surface area contributed by atoms with Gasteiger partial charge in [-0.3, -0.25) is 9.69 Å². The average molecular weight is 439 g/mol. The van der Waals surface area contributed by atoms with Crippen molar-refractivity contribution in [1.29, 1.82) is 0 Å². The molecule has 174 valence electrons. The van der Waals surface area contributed by atoms with Crippen LogP contribution in [-0.2, 0) is 9.53 Å². The van der Waals surface area contributed by atoms with Gasteiger partial charge in [0.1, 0.15) is 6.10 Å². The number of ether oxygens (including phenoxy) is 1. The van der Waals surface area contributed by atoms with Crippen LogP contribution in [0.15, 0.2) is 29.8 Å². The second kappa shape index (κ2) is 8.18. The quantitative estimate of drug-likeness (QED) is 0.576. The molecule has 5 rings (SSSR count). The minimum atomic E-state index is -0.518. The highest BCUT2D eigenvalue weighted by Crippen LogP contribution is 2.56. The highest BCUT2D eigenvalue weighted by atomic mass is 16.6. The number of carbonyl (C=O) groups is 1. The van der Waals surface area contributed by atoms with E-state index in [1.165, 1.54) is 22.4 Å². The van der Waals surface area contributed by atoms with Crippen molar-refractivity contribution in [2.24, 2.45) is 23.2 Å². The topological polar surface area (TPSA) is 53.0 Å². The Kier molecular flexibility index (Phi) is 5.61. The van der Waals surface area contributed by atoms with E-state index in [1.54, 1.807) is 0 Å². The number of esters is 1. The van der Waals surface area contributed by atoms with Gasteiger partial charge >= 0.3 is 5.97 Å². The first-order valence-corrected chi connectivity index (χ1v) is 12.4. The number of allylic oxidation sites excluding steroid dienone is 1. The minimum Gasteiger partial charge on any atom is -0.461 e. The van der Waals surface area contributed by atoms with Gasteiger partial charge in [-0.15, -0.1) is 0 Å². The van der Waals surface area contributed by atoms with E-state index >= 15 is 0 Å². The number of benzene rings is 1. The molecule has 3 fully saturated rings. The van der Waals surface area contributed by atoms with Crippen molar-refractivity contribution in [3.8, 4) is 0 Å². The molecule has 0 radical (unpaired) electrons. The molecular weight excluding hydrogens is 400 g/mol. The Labute approximate surface area is 192 Å². The standard InChI is InChI=1S/C27H38N2O3/c1-17-8-9-18(2)22(14-17)29-12-10-28(11-13-29)16-21-24-23(32-26(21)31)15-20-7-5-6-19(3)27(20,4)25(24)30/h7-9,14,19,21,23-25,30H,5-6,10-13,15-16H2,1-4H3/t19-,21-,23-,24+,25-,27-/m1/s1. The summed E-state index contributed by atoms with van der Waals surface area (Å²) in [4.78, 5) is 17.8. The van der Waals surface area contributed by atoms with Gasteiger partial charge < -0.3 is 14.7 Å². The monoisotopic (exact) mass is 438 g/mol. The van der Waals surface area contributed by atoms with E-state index in [9.17, 15) is 9.90 Å². The molecule has 1 N–H and O–H groups in total. The van der Waals surface area contributed by atoms with E-state index in [-0.39, 0.29) is 29.3 Å². The molecule has 2 aliphatic heterocycles. The van der Waals surface area contributed by atoms with Crippen molar-refractivity contribution >= 4 is 11.7 Å². The molecule has 0 aromatic heterocycles. The smallest absolute Gasteiger partial charge is 0.311 e. The molecular formula is C27H38N2O3. The molecule has 5 heteroatoms. The molecule has 0 spiro atoms. The van der Waals surface area contributed by atoms with Gasteiger partial charge in [-0.25, -0.2) is 0 Å². The Bertz CT molecular complexity index is 919. The van der Waals surface area contributed by atoms with E-state index in [1.807, 2.05) is 0 Å². The van der Waals surface area contributed by atoms with E-state index in [2.05, 4.69) is 61.8 Å². The number of hydrogen-bond acceptors (Lipinski definition) is 5. The van der Waals surface area contributed by atoms with Crippen LogP contribution < -0.4 is 4.90 Å². The summed E-state index contributed by atoms with van der Waals surface area (Å²) in [7, 11) is 0. The van der Waals surface area contributed by atoms with Crippen LogP contribution in [0.5, 0.6) is 0 Å². The number of carbonyl (C=O) groups excluding carboxylic acids is 1. The van der Waals surface area contributed by atoms with Crippen LogP contribution in [0.3, 0.4) is 0 Å². The summed E-state index contributed by atoms with van der Waals surface area (Å²) in [5.74, 6) is -0.000529. The number of fused-ring (bicyclic) bond motifs is 2. The highest BCUT2D eigenvalue weighted by molar-refractivity contribution is 5.76. The number of piperazine rings is 1. The molecule has 1 aromatic carbocycles.